The van der Waals surface area contributed by atoms with Crippen LogP contribution in [0.3, 0.4) is 0 Å². The lowest BCUT2D eigenvalue weighted by atomic mass is 10.0. The fourth-order valence-electron chi connectivity index (χ4n) is 8.14. The van der Waals surface area contributed by atoms with Crippen molar-refractivity contribution in [2.24, 2.45) is 0 Å². The zero-order valence-electron chi connectivity index (χ0n) is 43.3. The molecule has 65 heavy (non-hydrogen) atoms. The summed E-state index contributed by atoms with van der Waals surface area (Å²) in [5.41, 5.74) is 0. The van der Waals surface area contributed by atoms with Crippen molar-refractivity contribution in [3.8, 4) is 0 Å². The van der Waals surface area contributed by atoms with Crippen molar-refractivity contribution >= 4 is 17.9 Å². The molecule has 0 saturated heterocycles. The number of allylic oxidation sites excluding steroid dienone is 8. The molecule has 0 rings (SSSR count). The van der Waals surface area contributed by atoms with Gasteiger partial charge in [0.1, 0.15) is 13.2 Å². The average Bonchev–Trinajstić information content (AvgIpc) is 3.30. The highest BCUT2D eigenvalue weighted by Crippen LogP contribution is 2.16. The molecule has 0 bridgehead atoms. The molecule has 6 heteroatoms. The highest BCUT2D eigenvalue weighted by atomic mass is 16.6. The number of esters is 3. The minimum Gasteiger partial charge on any atom is -0.462 e. The third-order valence-corrected chi connectivity index (χ3v) is 12.4. The van der Waals surface area contributed by atoms with Gasteiger partial charge in [0.05, 0.1) is 0 Å². The number of rotatable bonds is 51. The van der Waals surface area contributed by atoms with Gasteiger partial charge in [-0.15, -0.1) is 0 Å². The second kappa shape index (κ2) is 54.0. The molecule has 0 aliphatic rings. The molecule has 1 atom stereocenters. The summed E-state index contributed by atoms with van der Waals surface area (Å²) in [6.07, 6.45) is 65.3. The highest BCUT2D eigenvalue weighted by molar-refractivity contribution is 5.71. The summed E-state index contributed by atoms with van der Waals surface area (Å²) in [7, 11) is 0. The summed E-state index contributed by atoms with van der Waals surface area (Å²) in [6, 6.07) is 0. The van der Waals surface area contributed by atoms with Crippen LogP contribution in [0.5, 0.6) is 0 Å². The van der Waals surface area contributed by atoms with Crippen LogP contribution in [0.25, 0.3) is 0 Å². The fourth-order valence-corrected chi connectivity index (χ4v) is 8.14. The van der Waals surface area contributed by atoms with E-state index in [1.54, 1.807) is 0 Å². The number of carbonyl (C=O) groups excluding carboxylic acids is 3. The van der Waals surface area contributed by atoms with Crippen molar-refractivity contribution in [2.45, 2.75) is 297 Å². The van der Waals surface area contributed by atoms with Gasteiger partial charge in [-0.25, -0.2) is 0 Å². The molecular weight excluding hydrogens is 805 g/mol. The highest BCUT2D eigenvalue weighted by Gasteiger charge is 2.19. The maximum Gasteiger partial charge on any atom is 0.306 e. The third-order valence-electron chi connectivity index (χ3n) is 12.4. The largest absolute Gasteiger partial charge is 0.462 e. The predicted octanol–water partition coefficient (Wildman–Crippen LogP) is 18.7. The van der Waals surface area contributed by atoms with E-state index in [1.165, 1.54) is 167 Å². The van der Waals surface area contributed by atoms with Gasteiger partial charge in [0, 0.05) is 19.3 Å². The first-order chi connectivity index (χ1) is 32.0. The van der Waals surface area contributed by atoms with E-state index in [2.05, 4.69) is 69.4 Å². The average molecular weight is 911 g/mol. The lowest BCUT2D eigenvalue weighted by molar-refractivity contribution is -0.167. The van der Waals surface area contributed by atoms with Crippen LogP contribution < -0.4 is 0 Å². The molecule has 0 aliphatic carbocycles. The van der Waals surface area contributed by atoms with E-state index in [9.17, 15) is 14.4 Å². The Morgan fingerprint density at radius 1 is 0.323 bits per heavy atom. The molecule has 0 radical (unpaired) electrons. The lowest BCUT2D eigenvalue weighted by Crippen LogP contribution is -2.30. The first kappa shape index (κ1) is 62.4. The van der Waals surface area contributed by atoms with Crippen molar-refractivity contribution < 1.29 is 28.6 Å². The molecule has 0 fully saturated rings. The summed E-state index contributed by atoms with van der Waals surface area (Å²) >= 11 is 0. The van der Waals surface area contributed by atoms with Gasteiger partial charge >= 0.3 is 17.9 Å². The zero-order chi connectivity index (χ0) is 47.2. The van der Waals surface area contributed by atoms with Gasteiger partial charge in [0.15, 0.2) is 6.10 Å². The van der Waals surface area contributed by atoms with E-state index in [4.69, 9.17) is 14.2 Å². The maximum absolute atomic E-state index is 12.8. The Kier molecular flexibility index (Phi) is 51.8. The van der Waals surface area contributed by atoms with Gasteiger partial charge in [0.25, 0.3) is 0 Å². The third kappa shape index (κ3) is 52.2. The van der Waals surface area contributed by atoms with Gasteiger partial charge in [-0.3, -0.25) is 14.4 Å². The van der Waals surface area contributed by atoms with Gasteiger partial charge in [0.2, 0.25) is 0 Å². The maximum atomic E-state index is 12.8. The van der Waals surface area contributed by atoms with E-state index >= 15 is 0 Å². The van der Waals surface area contributed by atoms with Gasteiger partial charge in [-0.2, -0.15) is 0 Å². The smallest absolute Gasteiger partial charge is 0.306 e. The summed E-state index contributed by atoms with van der Waals surface area (Å²) in [4.78, 5) is 38.1. The molecule has 378 valence electrons. The Morgan fingerprint density at radius 3 is 0.969 bits per heavy atom. The van der Waals surface area contributed by atoms with Crippen molar-refractivity contribution in [3.05, 3.63) is 48.6 Å². The van der Waals surface area contributed by atoms with Crippen LogP contribution in [0, 0.1) is 0 Å². The summed E-state index contributed by atoms with van der Waals surface area (Å²) in [5, 5.41) is 0. The minimum absolute atomic E-state index is 0.0794. The van der Waals surface area contributed by atoms with Crippen LogP contribution in [0.2, 0.25) is 0 Å². The molecule has 0 amide bonds. The molecule has 0 aromatic heterocycles. The van der Waals surface area contributed by atoms with Crippen LogP contribution in [0.4, 0.5) is 0 Å². The molecule has 1 unspecified atom stereocenters. The first-order valence-electron chi connectivity index (χ1n) is 28.2. The van der Waals surface area contributed by atoms with E-state index in [1.807, 2.05) is 0 Å². The van der Waals surface area contributed by atoms with Crippen molar-refractivity contribution in [3.63, 3.8) is 0 Å². The Balaban J connectivity index is 4.34. The van der Waals surface area contributed by atoms with Crippen LogP contribution in [-0.4, -0.2) is 37.2 Å². The van der Waals surface area contributed by atoms with Gasteiger partial charge in [-0.05, 0) is 64.2 Å². The SMILES string of the molecule is CC/C=C/C=C/C=C/CCCCCCCC(=O)OCC(COC(=O)CCCCCCCCC/C=C/CCCCCCCCCC)OC(=O)CCCCCCCCCCCCCCCCC. The molecule has 0 aliphatic heterocycles. The van der Waals surface area contributed by atoms with Crippen molar-refractivity contribution in [1.29, 1.82) is 0 Å². The van der Waals surface area contributed by atoms with E-state index in [0.29, 0.717) is 19.3 Å². The number of carbonyl (C=O) groups is 3. The van der Waals surface area contributed by atoms with Crippen LogP contribution in [0.1, 0.15) is 290 Å². The number of hydrogen-bond donors (Lipinski definition) is 0. The van der Waals surface area contributed by atoms with Crippen molar-refractivity contribution in [2.75, 3.05) is 13.2 Å². The van der Waals surface area contributed by atoms with E-state index in [-0.39, 0.29) is 31.1 Å². The van der Waals surface area contributed by atoms with Crippen LogP contribution >= 0.6 is 0 Å². The second-order valence-corrected chi connectivity index (χ2v) is 18.9. The molecular formula is C59H106O6. The molecule has 0 aromatic rings. The standard InChI is InChI=1S/C59H106O6/c1-4-7-10-13-16-19-22-25-27-28-29-30-32-34-37-40-43-46-49-52-58(61)64-55-56(54-63-57(60)51-48-45-42-39-36-33-24-21-18-15-12-9-6-3)65-59(62)53-50-47-44-41-38-35-31-26-23-20-17-14-11-8-5-2/h9,12,15,18,21,24,28-29,56H,4-8,10-11,13-14,16-17,19-20,22-23,25-27,30-55H2,1-3H3/b12-9+,18-15+,24-21+,29-28+. The molecule has 0 saturated carbocycles. The molecule has 0 spiro atoms. The Bertz CT molecular complexity index is 1140. The Morgan fingerprint density at radius 2 is 0.615 bits per heavy atom. The van der Waals surface area contributed by atoms with E-state index < -0.39 is 6.10 Å². The monoisotopic (exact) mass is 911 g/mol. The quantitative estimate of drug-likeness (QED) is 0.0199. The molecule has 0 heterocycles. The minimum atomic E-state index is -0.780. The topological polar surface area (TPSA) is 78.9 Å². The van der Waals surface area contributed by atoms with E-state index in [0.717, 1.165) is 83.5 Å². The zero-order valence-corrected chi connectivity index (χ0v) is 43.3. The predicted molar refractivity (Wildman–Crippen MR) is 279 cm³/mol. The van der Waals surface area contributed by atoms with Crippen LogP contribution in [0.15, 0.2) is 48.6 Å². The molecule has 0 aromatic carbocycles. The van der Waals surface area contributed by atoms with Gasteiger partial charge in [-0.1, -0.05) is 256 Å². The Hall–Kier alpha value is -2.63. The lowest BCUT2D eigenvalue weighted by Gasteiger charge is -2.18. The van der Waals surface area contributed by atoms with Crippen molar-refractivity contribution in [1.82, 2.24) is 0 Å². The number of ether oxygens (including phenoxy) is 3. The molecule has 0 N–H and O–H groups in total. The number of hydrogen-bond acceptors (Lipinski definition) is 6. The van der Waals surface area contributed by atoms with Gasteiger partial charge < -0.3 is 14.2 Å². The summed E-state index contributed by atoms with van der Waals surface area (Å²) < 4.78 is 16.8. The molecule has 6 nitrogen and oxygen atoms in total. The second-order valence-electron chi connectivity index (χ2n) is 18.9. The summed E-state index contributed by atoms with van der Waals surface area (Å²) in [6.45, 7) is 6.52. The normalized spacial score (nSPS) is 12.4. The fraction of sp³-hybridized carbons (Fsp3) is 0.814. The van der Waals surface area contributed by atoms with Crippen LogP contribution in [-0.2, 0) is 28.6 Å². The number of unbranched alkanes of at least 4 members (excludes halogenated alkanes) is 34. The Labute approximate surface area is 403 Å². The first-order valence-corrected chi connectivity index (χ1v) is 28.2. The summed E-state index contributed by atoms with van der Waals surface area (Å²) in [5.74, 6) is -0.891.